The lowest BCUT2D eigenvalue weighted by Crippen LogP contribution is -2.59. The number of aromatic nitrogens is 1. The first-order valence-electron chi connectivity index (χ1n) is 8.61. The second-order valence-electron chi connectivity index (χ2n) is 6.84. The summed E-state index contributed by atoms with van der Waals surface area (Å²) in [6, 6.07) is 12.4. The van der Waals surface area contributed by atoms with Crippen LogP contribution in [0.3, 0.4) is 0 Å². The van der Waals surface area contributed by atoms with Crippen molar-refractivity contribution >= 4 is 40.1 Å². The molecule has 0 bridgehead atoms. The molecule has 0 unspecified atom stereocenters. The van der Waals surface area contributed by atoms with Crippen molar-refractivity contribution in [1.29, 1.82) is 0 Å². The number of hydrogen-bond acceptors (Lipinski definition) is 4. The molecule has 5 rings (SSSR count). The Balaban J connectivity index is 1.84. The van der Waals surface area contributed by atoms with Crippen molar-refractivity contribution in [3.63, 3.8) is 0 Å². The van der Waals surface area contributed by atoms with E-state index < -0.39 is 17.6 Å². The van der Waals surface area contributed by atoms with Crippen molar-refractivity contribution < 1.29 is 14.3 Å². The van der Waals surface area contributed by atoms with Crippen molar-refractivity contribution in [2.75, 3.05) is 12.4 Å². The number of carbonyl (C=O) groups excluding carboxylic acids is 2. The second-order valence-corrected chi connectivity index (χ2v) is 7.28. The zero-order valence-electron chi connectivity index (χ0n) is 14.4. The molecule has 2 atom stereocenters. The van der Waals surface area contributed by atoms with E-state index in [1.165, 1.54) is 7.11 Å². The minimum absolute atomic E-state index is 0.249. The predicted octanol–water partition coefficient (Wildman–Crippen LogP) is 2.70. The highest BCUT2D eigenvalue weighted by atomic mass is 35.5. The molecular weight excluding hydrogens is 366 g/mol. The molecule has 2 aliphatic heterocycles. The fourth-order valence-corrected chi connectivity index (χ4v) is 4.44. The number of methoxy groups -OCH3 is 1. The van der Waals surface area contributed by atoms with Crippen LogP contribution in [0.4, 0.5) is 5.69 Å². The number of nitrogens with one attached hydrogen (secondary N) is 3. The SMILES string of the molecule is COC(=O)[C@H]1Cc2c([nH]c3ccccc23)[C@]2(N1)C(=O)Nc1ccc(Cl)cc12. The van der Waals surface area contributed by atoms with Crippen molar-refractivity contribution in [3.8, 4) is 0 Å². The number of ether oxygens (including phenoxy) is 1. The Morgan fingerprint density at radius 1 is 1.26 bits per heavy atom. The van der Waals surface area contributed by atoms with E-state index in [9.17, 15) is 9.59 Å². The van der Waals surface area contributed by atoms with Gasteiger partial charge in [0.2, 0.25) is 0 Å². The molecule has 3 aromatic rings. The summed E-state index contributed by atoms with van der Waals surface area (Å²) in [5.74, 6) is -0.658. The third kappa shape index (κ3) is 2.11. The summed E-state index contributed by atoms with van der Waals surface area (Å²) in [6.07, 6.45) is 0.428. The van der Waals surface area contributed by atoms with Crippen LogP contribution in [0.15, 0.2) is 42.5 Å². The second kappa shape index (κ2) is 5.58. The molecule has 2 aliphatic rings. The number of aromatic amines is 1. The van der Waals surface area contributed by atoms with E-state index in [1.54, 1.807) is 18.2 Å². The van der Waals surface area contributed by atoms with Gasteiger partial charge in [0.25, 0.3) is 5.91 Å². The maximum atomic E-state index is 13.2. The fourth-order valence-electron chi connectivity index (χ4n) is 4.27. The third-order valence-corrected chi connectivity index (χ3v) is 5.68. The molecule has 2 aromatic carbocycles. The van der Waals surface area contributed by atoms with Crippen LogP contribution >= 0.6 is 11.6 Å². The Hall–Kier alpha value is -2.83. The molecule has 136 valence electrons. The van der Waals surface area contributed by atoms with Gasteiger partial charge in [-0.15, -0.1) is 0 Å². The van der Waals surface area contributed by atoms with Gasteiger partial charge in [0, 0.05) is 33.6 Å². The van der Waals surface area contributed by atoms with Crippen LogP contribution in [0.1, 0.15) is 16.8 Å². The summed E-state index contributed by atoms with van der Waals surface area (Å²) in [7, 11) is 1.35. The lowest BCUT2D eigenvalue weighted by atomic mass is 9.79. The minimum atomic E-state index is -1.23. The van der Waals surface area contributed by atoms with E-state index in [1.807, 2.05) is 24.3 Å². The molecular formula is C20H16ClN3O3. The number of carbonyl (C=O) groups is 2. The van der Waals surface area contributed by atoms with Crippen LogP contribution in [0.5, 0.6) is 0 Å². The van der Waals surface area contributed by atoms with E-state index in [-0.39, 0.29) is 5.91 Å². The Kier molecular flexibility index (Phi) is 3.38. The van der Waals surface area contributed by atoms with Crippen molar-refractivity contribution in [3.05, 3.63) is 64.3 Å². The van der Waals surface area contributed by atoms with E-state index in [0.29, 0.717) is 22.7 Å². The number of amides is 1. The topological polar surface area (TPSA) is 83.2 Å². The third-order valence-electron chi connectivity index (χ3n) is 5.45. The van der Waals surface area contributed by atoms with Crippen molar-refractivity contribution in [2.24, 2.45) is 0 Å². The number of para-hydroxylation sites is 1. The molecule has 1 amide bonds. The van der Waals surface area contributed by atoms with Crippen LogP contribution in [-0.2, 0) is 26.3 Å². The highest BCUT2D eigenvalue weighted by molar-refractivity contribution is 6.31. The lowest BCUT2D eigenvalue weighted by molar-refractivity contribution is -0.144. The van der Waals surface area contributed by atoms with Crippen LogP contribution in [0, 0.1) is 0 Å². The molecule has 1 aromatic heterocycles. The Morgan fingerprint density at radius 2 is 2.07 bits per heavy atom. The normalized spacial score (nSPS) is 23.2. The summed E-state index contributed by atoms with van der Waals surface area (Å²) in [4.78, 5) is 29.0. The maximum Gasteiger partial charge on any atom is 0.323 e. The monoisotopic (exact) mass is 381 g/mol. The van der Waals surface area contributed by atoms with Crippen LogP contribution < -0.4 is 10.6 Å². The fraction of sp³-hybridized carbons (Fsp3) is 0.200. The summed E-state index contributed by atoms with van der Waals surface area (Å²) in [5, 5.41) is 7.68. The summed E-state index contributed by atoms with van der Waals surface area (Å²) < 4.78 is 4.97. The van der Waals surface area contributed by atoms with Gasteiger partial charge in [0.05, 0.1) is 12.8 Å². The molecule has 7 heteroatoms. The Bertz CT molecular complexity index is 1120. The molecule has 3 heterocycles. The highest BCUT2D eigenvalue weighted by Crippen LogP contribution is 2.47. The molecule has 1 spiro atoms. The lowest BCUT2D eigenvalue weighted by Gasteiger charge is -2.37. The number of fused-ring (bicyclic) bond motifs is 6. The average Bonchev–Trinajstić information content (AvgIpc) is 3.18. The van der Waals surface area contributed by atoms with Crippen LogP contribution in [-0.4, -0.2) is 30.0 Å². The summed E-state index contributed by atoms with van der Waals surface area (Å²) in [5.41, 5.74) is 2.72. The number of anilines is 1. The van der Waals surface area contributed by atoms with Gasteiger partial charge in [0.1, 0.15) is 6.04 Å². The van der Waals surface area contributed by atoms with Gasteiger partial charge >= 0.3 is 5.97 Å². The number of halogens is 1. The average molecular weight is 382 g/mol. The number of hydrogen-bond donors (Lipinski definition) is 3. The Labute approximate surface area is 159 Å². The van der Waals surface area contributed by atoms with Gasteiger partial charge in [0.15, 0.2) is 5.54 Å². The summed E-state index contributed by atoms with van der Waals surface area (Å²) in [6.45, 7) is 0. The van der Waals surface area contributed by atoms with Gasteiger partial charge in [-0.1, -0.05) is 29.8 Å². The zero-order chi connectivity index (χ0) is 18.8. The molecule has 0 radical (unpaired) electrons. The number of benzene rings is 2. The summed E-state index contributed by atoms with van der Waals surface area (Å²) >= 11 is 6.24. The smallest absolute Gasteiger partial charge is 0.323 e. The van der Waals surface area contributed by atoms with Crippen molar-refractivity contribution in [2.45, 2.75) is 18.0 Å². The minimum Gasteiger partial charge on any atom is -0.468 e. The quantitative estimate of drug-likeness (QED) is 0.566. The van der Waals surface area contributed by atoms with Gasteiger partial charge in [-0.25, -0.2) is 0 Å². The zero-order valence-corrected chi connectivity index (χ0v) is 15.2. The first kappa shape index (κ1) is 16.4. The largest absolute Gasteiger partial charge is 0.468 e. The predicted molar refractivity (Wildman–Crippen MR) is 102 cm³/mol. The van der Waals surface area contributed by atoms with Crippen LogP contribution in [0.25, 0.3) is 10.9 Å². The number of H-pyrrole nitrogens is 1. The standard InChI is InChI=1S/C20H16ClN3O3/c1-27-18(25)16-9-12-11-4-2-3-5-14(11)22-17(12)20(24-16)13-8-10(21)6-7-15(13)23-19(20)26/h2-8,16,22,24H,9H2,1H3,(H,23,26)/t16-,20+/m1/s1. The Morgan fingerprint density at radius 3 is 2.89 bits per heavy atom. The molecule has 27 heavy (non-hydrogen) atoms. The van der Waals surface area contributed by atoms with E-state index in [2.05, 4.69) is 15.6 Å². The van der Waals surface area contributed by atoms with E-state index >= 15 is 0 Å². The number of rotatable bonds is 1. The van der Waals surface area contributed by atoms with Gasteiger partial charge in [-0.3, -0.25) is 14.9 Å². The molecule has 0 saturated heterocycles. The first-order chi connectivity index (χ1) is 13.0. The van der Waals surface area contributed by atoms with Gasteiger partial charge < -0.3 is 15.0 Å². The molecule has 6 nitrogen and oxygen atoms in total. The highest BCUT2D eigenvalue weighted by Gasteiger charge is 2.55. The van der Waals surface area contributed by atoms with Gasteiger partial charge in [-0.05, 0) is 29.8 Å². The molecule has 0 saturated carbocycles. The number of esters is 1. The van der Waals surface area contributed by atoms with E-state index in [4.69, 9.17) is 16.3 Å². The molecule has 3 N–H and O–H groups in total. The van der Waals surface area contributed by atoms with Crippen molar-refractivity contribution in [1.82, 2.24) is 10.3 Å². The maximum absolute atomic E-state index is 13.2. The molecule has 0 fully saturated rings. The van der Waals surface area contributed by atoms with E-state index in [0.717, 1.165) is 22.2 Å². The van der Waals surface area contributed by atoms with Crippen LogP contribution in [0.2, 0.25) is 5.02 Å². The first-order valence-corrected chi connectivity index (χ1v) is 8.99. The van der Waals surface area contributed by atoms with Gasteiger partial charge in [-0.2, -0.15) is 0 Å². The molecule has 0 aliphatic carbocycles.